The lowest BCUT2D eigenvalue weighted by Gasteiger charge is -2.10. The third-order valence-corrected chi connectivity index (χ3v) is 2.46. The molecular formula is C14H17N3O2. The molecule has 0 amide bonds. The van der Waals surface area contributed by atoms with Crippen LogP contribution >= 0.6 is 0 Å². The van der Waals surface area contributed by atoms with Crippen LogP contribution in [0.2, 0.25) is 0 Å². The van der Waals surface area contributed by atoms with Gasteiger partial charge in [-0.15, -0.1) is 0 Å². The standard InChI is InChI=1S/C14H17N3O2/c1-4-15-13-9-14(17-10(2)16-13)19-12-8-6-5-7-11(12)18-3/h5-9H,4H2,1-3H3,(H,15,16,17). The average Bonchev–Trinajstić information content (AvgIpc) is 2.39. The van der Waals surface area contributed by atoms with Gasteiger partial charge in [0.25, 0.3) is 0 Å². The lowest BCUT2D eigenvalue weighted by molar-refractivity contribution is 0.373. The number of aryl methyl sites for hydroxylation is 1. The van der Waals surface area contributed by atoms with Crippen molar-refractivity contribution in [3.8, 4) is 17.4 Å². The van der Waals surface area contributed by atoms with Crippen LogP contribution in [0.3, 0.4) is 0 Å². The van der Waals surface area contributed by atoms with Crippen LogP contribution in [0, 0.1) is 6.92 Å². The molecule has 100 valence electrons. The molecule has 2 aromatic rings. The predicted octanol–water partition coefficient (Wildman–Crippen LogP) is 3.02. The average molecular weight is 259 g/mol. The van der Waals surface area contributed by atoms with Gasteiger partial charge in [0.05, 0.1) is 7.11 Å². The zero-order valence-corrected chi connectivity index (χ0v) is 11.3. The van der Waals surface area contributed by atoms with Gasteiger partial charge in [-0.05, 0) is 26.0 Å². The van der Waals surface area contributed by atoms with Gasteiger partial charge < -0.3 is 14.8 Å². The molecule has 19 heavy (non-hydrogen) atoms. The van der Waals surface area contributed by atoms with E-state index in [0.29, 0.717) is 23.2 Å². The molecule has 0 saturated carbocycles. The minimum atomic E-state index is 0.493. The number of aromatic nitrogens is 2. The molecule has 1 heterocycles. The van der Waals surface area contributed by atoms with Crippen molar-refractivity contribution in [2.75, 3.05) is 19.0 Å². The maximum Gasteiger partial charge on any atom is 0.224 e. The molecule has 1 aromatic heterocycles. The third kappa shape index (κ3) is 3.34. The van der Waals surface area contributed by atoms with Crippen LogP contribution in [0.4, 0.5) is 5.82 Å². The number of anilines is 1. The van der Waals surface area contributed by atoms with E-state index in [4.69, 9.17) is 9.47 Å². The fourth-order valence-electron chi connectivity index (χ4n) is 1.68. The number of rotatable bonds is 5. The van der Waals surface area contributed by atoms with Crippen molar-refractivity contribution in [3.63, 3.8) is 0 Å². The number of ether oxygens (including phenoxy) is 2. The smallest absolute Gasteiger partial charge is 0.224 e. The molecule has 5 nitrogen and oxygen atoms in total. The minimum Gasteiger partial charge on any atom is -0.493 e. The van der Waals surface area contributed by atoms with Gasteiger partial charge in [0.15, 0.2) is 11.5 Å². The van der Waals surface area contributed by atoms with Gasteiger partial charge in [0.2, 0.25) is 5.88 Å². The summed E-state index contributed by atoms with van der Waals surface area (Å²) in [5, 5.41) is 3.14. The molecule has 1 N–H and O–H groups in total. The molecule has 0 unspecified atom stereocenters. The second-order valence-electron chi connectivity index (χ2n) is 3.92. The van der Waals surface area contributed by atoms with E-state index in [-0.39, 0.29) is 0 Å². The molecule has 5 heteroatoms. The predicted molar refractivity (Wildman–Crippen MR) is 74.0 cm³/mol. The van der Waals surface area contributed by atoms with Crippen molar-refractivity contribution in [3.05, 3.63) is 36.2 Å². The Hall–Kier alpha value is -2.30. The highest BCUT2D eigenvalue weighted by Crippen LogP contribution is 2.30. The first-order valence-corrected chi connectivity index (χ1v) is 6.13. The van der Waals surface area contributed by atoms with Gasteiger partial charge >= 0.3 is 0 Å². The summed E-state index contributed by atoms with van der Waals surface area (Å²) >= 11 is 0. The molecule has 0 radical (unpaired) electrons. The number of benzene rings is 1. The van der Waals surface area contributed by atoms with Crippen LogP contribution in [0.25, 0.3) is 0 Å². The zero-order valence-electron chi connectivity index (χ0n) is 11.3. The fourth-order valence-corrected chi connectivity index (χ4v) is 1.68. The molecule has 1 aromatic carbocycles. The van der Waals surface area contributed by atoms with E-state index in [1.807, 2.05) is 38.1 Å². The molecule has 0 aliphatic heterocycles. The highest BCUT2D eigenvalue weighted by molar-refractivity contribution is 5.44. The molecule has 0 atom stereocenters. The molecule has 0 fully saturated rings. The minimum absolute atomic E-state index is 0.493. The Kier molecular flexibility index (Phi) is 4.18. The van der Waals surface area contributed by atoms with Crippen molar-refractivity contribution in [1.82, 2.24) is 9.97 Å². The van der Waals surface area contributed by atoms with E-state index in [9.17, 15) is 0 Å². The zero-order chi connectivity index (χ0) is 13.7. The monoisotopic (exact) mass is 259 g/mol. The van der Waals surface area contributed by atoms with Gasteiger partial charge in [-0.25, -0.2) is 4.98 Å². The quantitative estimate of drug-likeness (QED) is 0.894. The normalized spacial score (nSPS) is 10.1. The summed E-state index contributed by atoms with van der Waals surface area (Å²) in [6.45, 7) is 4.64. The number of methoxy groups -OCH3 is 1. The molecular weight excluding hydrogens is 242 g/mol. The van der Waals surface area contributed by atoms with Gasteiger partial charge in [0.1, 0.15) is 11.6 Å². The second kappa shape index (κ2) is 6.04. The first-order chi connectivity index (χ1) is 9.22. The summed E-state index contributed by atoms with van der Waals surface area (Å²) in [6, 6.07) is 9.22. The number of nitrogens with zero attached hydrogens (tertiary/aromatic N) is 2. The topological polar surface area (TPSA) is 56.3 Å². The largest absolute Gasteiger partial charge is 0.493 e. The lowest BCUT2D eigenvalue weighted by Crippen LogP contribution is -2.02. The third-order valence-electron chi connectivity index (χ3n) is 2.46. The first kappa shape index (κ1) is 13.1. The van der Waals surface area contributed by atoms with Gasteiger partial charge in [-0.2, -0.15) is 4.98 Å². The number of nitrogens with one attached hydrogen (secondary N) is 1. The lowest BCUT2D eigenvalue weighted by atomic mass is 10.3. The van der Waals surface area contributed by atoms with Crippen LogP contribution < -0.4 is 14.8 Å². The summed E-state index contributed by atoms with van der Waals surface area (Å²) in [4.78, 5) is 8.53. The van der Waals surface area contributed by atoms with Crippen LogP contribution in [-0.2, 0) is 0 Å². The summed E-state index contributed by atoms with van der Waals surface area (Å²) in [5.41, 5.74) is 0. The number of para-hydroxylation sites is 2. The maximum atomic E-state index is 5.75. The Labute approximate surface area is 112 Å². The van der Waals surface area contributed by atoms with Crippen molar-refractivity contribution < 1.29 is 9.47 Å². The molecule has 0 aliphatic carbocycles. The highest BCUT2D eigenvalue weighted by atomic mass is 16.5. The van der Waals surface area contributed by atoms with E-state index in [1.54, 1.807) is 13.2 Å². The summed E-state index contributed by atoms with van der Waals surface area (Å²) in [5.74, 6) is 3.20. The summed E-state index contributed by atoms with van der Waals surface area (Å²) in [6.07, 6.45) is 0. The van der Waals surface area contributed by atoms with E-state index >= 15 is 0 Å². The van der Waals surface area contributed by atoms with Crippen LogP contribution in [-0.4, -0.2) is 23.6 Å². The van der Waals surface area contributed by atoms with Crippen LogP contribution in [0.5, 0.6) is 17.4 Å². The molecule has 0 bridgehead atoms. The summed E-state index contributed by atoms with van der Waals surface area (Å²) in [7, 11) is 1.61. The molecule has 0 spiro atoms. The van der Waals surface area contributed by atoms with Gasteiger partial charge in [0, 0.05) is 12.6 Å². The van der Waals surface area contributed by atoms with Gasteiger partial charge in [-0.3, -0.25) is 0 Å². The Morgan fingerprint density at radius 3 is 2.58 bits per heavy atom. The number of hydrogen-bond acceptors (Lipinski definition) is 5. The van der Waals surface area contributed by atoms with E-state index in [0.717, 1.165) is 12.4 Å². The summed E-state index contributed by atoms with van der Waals surface area (Å²) < 4.78 is 11.0. The first-order valence-electron chi connectivity index (χ1n) is 6.13. The number of hydrogen-bond donors (Lipinski definition) is 1. The molecule has 0 aliphatic rings. The van der Waals surface area contributed by atoms with E-state index < -0.39 is 0 Å². The molecule has 0 saturated heterocycles. The fraction of sp³-hybridized carbons (Fsp3) is 0.286. The van der Waals surface area contributed by atoms with Crippen molar-refractivity contribution in [2.24, 2.45) is 0 Å². The van der Waals surface area contributed by atoms with Crippen molar-refractivity contribution >= 4 is 5.82 Å². The Balaban J connectivity index is 2.27. The van der Waals surface area contributed by atoms with E-state index in [2.05, 4.69) is 15.3 Å². The van der Waals surface area contributed by atoms with Crippen molar-refractivity contribution in [1.29, 1.82) is 0 Å². The van der Waals surface area contributed by atoms with Crippen molar-refractivity contribution in [2.45, 2.75) is 13.8 Å². The molecule has 2 rings (SSSR count). The maximum absolute atomic E-state index is 5.75. The van der Waals surface area contributed by atoms with E-state index in [1.165, 1.54) is 0 Å². The Morgan fingerprint density at radius 2 is 1.89 bits per heavy atom. The van der Waals surface area contributed by atoms with Gasteiger partial charge in [-0.1, -0.05) is 12.1 Å². The Bertz CT molecular complexity index is 558. The SMILES string of the molecule is CCNc1cc(Oc2ccccc2OC)nc(C)n1. The Morgan fingerprint density at radius 1 is 1.16 bits per heavy atom. The van der Waals surface area contributed by atoms with Crippen LogP contribution in [0.15, 0.2) is 30.3 Å². The van der Waals surface area contributed by atoms with Crippen LogP contribution in [0.1, 0.15) is 12.7 Å². The second-order valence-corrected chi connectivity index (χ2v) is 3.92. The highest BCUT2D eigenvalue weighted by Gasteiger charge is 2.07.